The fraction of sp³-hybridized carbons (Fsp3) is 0.257. The van der Waals surface area contributed by atoms with Gasteiger partial charge in [0.1, 0.15) is 0 Å². The third-order valence-electron chi connectivity index (χ3n) is 8.09. The van der Waals surface area contributed by atoms with Gasteiger partial charge in [-0.2, -0.15) is 0 Å². The Labute approximate surface area is 246 Å². The first-order valence-electron chi connectivity index (χ1n) is 14.2. The van der Waals surface area contributed by atoms with Gasteiger partial charge in [-0.1, -0.05) is 0 Å². The Morgan fingerprint density at radius 2 is 1.17 bits per heavy atom. The van der Waals surface area contributed by atoms with Gasteiger partial charge in [-0.3, -0.25) is 0 Å². The number of hydroxylamine groups is 1. The van der Waals surface area contributed by atoms with Crippen molar-refractivity contribution < 1.29 is 19.0 Å². The van der Waals surface area contributed by atoms with E-state index in [4.69, 9.17) is 19.0 Å². The first-order chi connectivity index (χ1) is 20.0. The van der Waals surface area contributed by atoms with Crippen molar-refractivity contribution in [1.82, 2.24) is 5.48 Å². The summed E-state index contributed by atoms with van der Waals surface area (Å²) in [5.41, 5.74) is 5.63. The molecule has 0 spiro atoms. The van der Waals surface area contributed by atoms with E-state index in [-0.39, 0.29) is 24.4 Å². The van der Waals surface area contributed by atoms with Gasteiger partial charge < -0.3 is 0 Å². The summed E-state index contributed by atoms with van der Waals surface area (Å²) in [6.45, 7) is 4.36. The summed E-state index contributed by atoms with van der Waals surface area (Å²) in [5.74, 6) is -0.713. The summed E-state index contributed by atoms with van der Waals surface area (Å²) >= 11 is -3.81. The molecule has 2 fully saturated rings. The van der Waals surface area contributed by atoms with Crippen LogP contribution in [0.5, 0.6) is 0 Å². The van der Waals surface area contributed by atoms with E-state index in [2.05, 4.69) is 113 Å². The van der Waals surface area contributed by atoms with Gasteiger partial charge >= 0.3 is 248 Å². The van der Waals surface area contributed by atoms with E-state index in [1.54, 1.807) is 7.11 Å². The van der Waals surface area contributed by atoms with Crippen molar-refractivity contribution in [2.45, 2.75) is 50.6 Å². The van der Waals surface area contributed by atoms with Gasteiger partial charge in [-0.25, -0.2) is 0 Å². The molecule has 0 unspecified atom stereocenters. The molecule has 1 saturated heterocycles. The van der Waals surface area contributed by atoms with E-state index in [1.165, 1.54) is 10.7 Å². The molecule has 41 heavy (non-hydrogen) atoms. The predicted molar refractivity (Wildman–Crippen MR) is 165 cm³/mol. The summed E-state index contributed by atoms with van der Waals surface area (Å²) in [5, 5.41) is 0. The average molecular weight is 654 g/mol. The molecule has 2 aliphatic rings. The molecule has 1 heterocycles. The summed E-state index contributed by atoms with van der Waals surface area (Å²) in [7, 11) is 1.77. The molecule has 0 amide bonds. The molecule has 1 aliphatic heterocycles. The van der Waals surface area contributed by atoms with Crippen molar-refractivity contribution in [1.29, 1.82) is 0 Å². The number of rotatable bonds is 9. The van der Waals surface area contributed by atoms with E-state index >= 15 is 0 Å². The molecule has 4 aromatic rings. The van der Waals surface area contributed by atoms with Crippen molar-refractivity contribution >= 4 is 29.1 Å². The van der Waals surface area contributed by atoms with Gasteiger partial charge in [0, 0.05) is 0 Å². The minimum atomic E-state index is -3.81. The molecule has 0 bridgehead atoms. The molecule has 1 aliphatic carbocycles. The van der Waals surface area contributed by atoms with Gasteiger partial charge in [-0.15, -0.1) is 0 Å². The van der Waals surface area contributed by atoms with Crippen LogP contribution in [0.25, 0.3) is 0 Å². The summed E-state index contributed by atoms with van der Waals surface area (Å²) < 4.78 is 25.9. The molecule has 1 N–H and O–H groups in total. The quantitative estimate of drug-likeness (QED) is 0.216. The number of nitrogens with one attached hydrogen (secondary N) is 1. The van der Waals surface area contributed by atoms with Crippen LogP contribution in [-0.2, 0) is 25.7 Å². The van der Waals surface area contributed by atoms with Crippen molar-refractivity contribution in [3.63, 3.8) is 0 Å². The molecular weight excluding hydrogens is 617 g/mol. The number of hydrogen-bond acceptors (Lipinski definition) is 5. The average Bonchev–Trinajstić information content (AvgIpc) is 3.46. The summed E-state index contributed by atoms with van der Waals surface area (Å²) in [6.07, 6.45) is -0.805. The first-order valence-corrected chi connectivity index (χ1v) is 20.1. The molecular formula is C35H37NO4Sn. The van der Waals surface area contributed by atoms with E-state index in [1.807, 2.05) is 32.0 Å². The molecule has 1 saturated carbocycles. The molecule has 6 rings (SSSR count). The Balaban J connectivity index is 1.51. The van der Waals surface area contributed by atoms with Crippen LogP contribution < -0.4 is 16.2 Å². The van der Waals surface area contributed by atoms with Crippen molar-refractivity contribution in [2.24, 2.45) is 0 Å². The molecule has 4 atom stereocenters. The van der Waals surface area contributed by atoms with E-state index in [0.717, 1.165) is 11.1 Å². The van der Waals surface area contributed by atoms with Gasteiger partial charge in [-0.05, 0) is 0 Å². The Kier molecular flexibility index (Phi) is 8.45. The van der Waals surface area contributed by atoms with Crippen LogP contribution >= 0.6 is 0 Å². The van der Waals surface area contributed by atoms with Crippen LogP contribution in [0.3, 0.4) is 0 Å². The SMILES string of the molecule is CO[C@@H]1/C(=[CH]\[Sn]([c]2ccccc2)([c]2ccccc2)[c]2ccccc2)[C@@H](NOCc2ccccc2)[C@@H]2OC(C)(C)O[C@@H]21. The zero-order chi connectivity index (χ0) is 28.3. The molecule has 0 aromatic heterocycles. The zero-order valence-electron chi connectivity index (χ0n) is 23.8. The molecule has 6 heteroatoms. The summed E-state index contributed by atoms with van der Waals surface area (Å²) in [6, 6.07) is 42.8. The van der Waals surface area contributed by atoms with Crippen LogP contribution in [0.4, 0.5) is 0 Å². The van der Waals surface area contributed by atoms with Crippen LogP contribution in [-0.4, -0.2) is 55.6 Å². The Hall–Kier alpha value is -2.78. The standard InChI is InChI=1S/C17H22NO4.3C6H5.Sn/c1-11-13(18-20-10-12-8-6-5-7-9-12)15-16(14(11)19-4)22-17(2,3)21-15;3*1-2-4-6-5-3-1;/h1,5-9,13-16,18H,10H2,2-4H3;3*1-5H;/t13-,14-,15+,16-;;;;/m1..../s1. The molecule has 210 valence electrons. The number of methoxy groups -OCH3 is 1. The maximum atomic E-state index is 6.52. The van der Waals surface area contributed by atoms with Crippen LogP contribution in [0.15, 0.2) is 131 Å². The second-order valence-corrected chi connectivity index (χ2v) is 21.5. The van der Waals surface area contributed by atoms with Gasteiger partial charge in [0.25, 0.3) is 0 Å². The van der Waals surface area contributed by atoms with Gasteiger partial charge in [0.05, 0.1) is 0 Å². The van der Waals surface area contributed by atoms with Gasteiger partial charge in [0.15, 0.2) is 0 Å². The van der Waals surface area contributed by atoms with Crippen molar-refractivity contribution in [3.8, 4) is 0 Å². The summed E-state index contributed by atoms with van der Waals surface area (Å²) in [4.78, 5) is 6.18. The van der Waals surface area contributed by atoms with Crippen molar-refractivity contribution in [3.05, 3.63) is 137 Å². The van der Waals surface area contributed by atoms with Crippen LogP contribution in [0, 0.1) is 0 Å². The minimum absolute atomic E-state index is 0.248. The van der Waals surface area contributed by atoms with E-state index < -0.39 is 24.2 Å². The predicted octanol–water partition coefficient (Wildman–Crippen LogP) is 4.26. The number of benzene rings is 4. The fourth-order valence-electron chi connectivity index (χ4n) is 6.33. The maximum absolute atomic E-state index is 6.52. The Bertz CT molecular complexity index is 1350. The molecule has 4 aromatic carbocycles. The molecule has 0 radical (unpaired) electrons. The number of hydrogen-bond donors (Lipinski definition) is 1. The second-order valence-electron chi connectivity index (χ2n) is 11.1. The topological polar surface area (TPSA) is 49.0 Å². The van der Waals surface area contributed by atoms with Gasteiger partial charge in [0.2, 0.25) is 0 Å². The molecule has 5 nitrogen and oxygen atoms in total. The monoisotopic (exact) mass is 655 g/mol. The van der Waals surface area contributed by atoms with E-state index in [9.17, 15) is 0 Å². The first kappa shape index (κ1) is 28.3. The fourth-order valence-corrected chi connectivity index (χ4v) is 19.2. The van der Waals surface area contributed by atoms with E-state index in [0.29, 0.717) is 6.61 Å². The number of fused-ring (bicyclic) bond motifs is 1. The third kappa shape index (κ3) is 5.67. The second kappa shape index (κ2) is 12.2. The zero-order valence-corrected chi connectivity index (χ0v) is 26.6. The number of ether oxygens (including phenoxy) is 3. The normalized spacial score (nSPS) is 24.4. The Morgan fingerprint density at radius 1 is 0.707 bits per heavy atom. The van der Waals surface area contributed by atoms with Crippen LogP contribution in [0.1, 0.15) is 19.4 Å². The van der Waals surface area contributed by atoms with Crippen LogP contribution in [0.2, 0.25) is 0 Å². The Morgan fingerprint density at radius 3 is 1.66 bits per heavy atom. The van der Waals surface area contributed by atoms with Crippen molar-refractivity contribution in [2.75, 3.05) is 7.11 Å². The third-order valence-corrected chi connectivity index (χ3v) is 20.9.